The molecule has 2 heterocycles. The molecule has 0 radical (unpaired) electrons. The number of carbonyl (C=O) groups excluding carboxylic acids is 2. The Morgan fingerprint density at radius 3 is 2.51 bits per heavy atom. The molecule has 2 aliphatic carbocycles. The van der Waals surface area contributed by atoms with Crippen molar-refractivity contribution < 1.29 is 27.9 Å². The number of carbonyl (C=O) groups is 3. The first kappa shape index (κ1) is 26.1. The molecule has 3 atom stereocenters. The number of sulfonamides is 1. The van der Waals surface area contributed by atoms with Crippen molar-refractivity contribution in [3.05, 3.63) is 47.0 Å². The number of aliphatic carboxylic acids is 1. The number of amides is 2. The average molecular weight is 529 g/mol. The molecule has 0 bridgehead atoms. The third-order valence-corrected chi connectivity index (χ3v) is 11.7. The van der Waals surface area contributed by atoms with E-state index in [1.165, 1.54) is 16.0 Å². The van der Waals surface area contributed by atoms with Crippen LogP contribution in [0.25, 0.3) is 0 Å². The van der Waals surface area contributed by atoms with E-state index in [-0.39, 0.29) is 17.6 Å². The quantitative estimate of drug-likeness (QED) is 0.430. The molecule has 37 heavy (non-hydrogen) atoms. The number of benzene rings is 1. The van der Waals surface area contributed by atoms with E-state index in [2.05, 4.69) is 24.3 Å². The minimum absolute atomic E-state index is 0.0459. The maximum Gasteiger partial charge on any atom is 0.304 e. The highest BCUT2D eigenvalue weighted by molar-refractivity contribution is 7.89. The predicted molar refractivity (Wildman–Crippen MR) is 138 cm³/mol. The van der Waals surface area contributed by atoms with Gasteiger partial charge in [0.15, 0.2) is 0 Å². The van der Waals surface area contributed by atoms with Gasteiger partial charge in [-0.3, -0.25) is 19.3 Å². The number of aryl methyl sites for hydroxylation is 1. The van der Waals surface area contributed by atoms with Gasteiger partial charge in [0, 0.05) is 24.9 Å². The molecule has 200 valence electrons. The number of carboxylic acid groups (broad SMARTS) is 1. The zero-order valence-electron chi connectivity index (χ0n) is 21.6. The lowest BCUT2D eigenvalue weighted by Gasteiger charge is -2.44. The molecule has 1 spiro atoms. The molecule has 2 amide bonds. The molecule has 5 rings (SSSR count). The van der Waals surface area contributed by atoms with Gasteiger partial charge in [0.1, 0.15) is 0 Å². The van der Waals surface area contributed by atoms with Crippen LogP contribution in [0.3, 0.4) is 0 Å². The summed E-state index contributed by atoms with van der Waals surface area (Å²) in [5.41, 5.74) is 2.79. The number of rotatable bonds is 7. The highest BCUT2D eigenvalue weighted by Gasteiger charge is 2.55. The van der Waals surface area contributed by atoms with Gasteiger partial charge in [0.05, 0.1) is 24.1 Å². The first-order valence-electron chi connectivity index (χ1n) is 13.3. The Morgan fingerprint density at radius 1 is 1.14 bits per heavy atom. The van der Waals surface area contributed by atoms with Crippen LogP contribution in [0.4, 0.5) is 0 Å². The van der Waals surface area contributed by atoms with Gasteiger partial charge >= 0.3 is 5.97 Å². The molecule has 1 N–H and O–H groups in total. The summed E-state index contributed by atoms with van der Waals surface area (Å²) in [5, 5.41) is 9.17. The smallest absolute Gasteiger partial charge is 0.304 e. The lowest BCUT2D eigenvalue weighted by atomic mass is 9.74. The summed E-state index contributed by atoms with van der Waals surface area (Å²) in [6.07, 6.45) is 5.95. The molecule has 2 aliphatic heterocycles. The zero-order valence-corrected chi connectivity index (χ0v) is 22.4. The number of hydrogen-bond acceptors (Lipinski definition) is 5. The van der Waals surface area contributed by atoms with Crippen LogP contribution in [-0.4, -0.2) is 65.4 Å². The second kappa shape index (κ2) is 9.34. The van der Waals surface area contributed by atoms with Crippen LogP contribution in [0.15, 0.2) is 35.9 Å². The lowest BCUT2D eigenvalue weighted by Crippen LogP contribution is -2.54. The number of likely N-dealkylation sites (tertiary alicyclic amines) is 1. The van der Waals surface area contributed by atoms with Gasteiger partial charge in [-0.15, -0.1) is 0 Å². The van der Waals surface area contributed by atoms with Gasteiger partial charge in [-0.05, 0) is 62.0 Å². The first-order chi connectivity index (χ1) is 17.5. The van der Waals surface area contributed by atoms with Crippen molar-refractivity contribution in [2.45, 2.75) is 76.7 Å². The minimum Gasteiger partial charge on any atom is -0.481 e. The van der Waals surface area contributed by atoms with Gasteiger partial charge in [-0.1, -0.05) is 42.8 Å². The molecule has 1 aromatic rings. The number of piperidine rings is 1. The van der Waals surface area contributed by atoms with E-state index in [0.29, 0.717) is 25.9 Å². The highest BCUT2D eigenvalue weighted by atomic mass is 32.2. The van der Waals surface area contributed by atoms with Crippen LogP contribution < -0.4 is 0 Å². The number of nitrogens with zero attached hydrogens (tertiary/aromatic N) is 2. The van der Waals surface area contributed by atoms with Crippen LogP contribution in [0.5, 0.6) is 0 Å². The maximum absolute atomic E-state index is 13.9. The van der Waals surface area contributed by atoms with E-state index < -0.39 is 51.6 Å². The summed E-state index contributed by atoms with van der Waals surface area (Å²) in [7, 11) is -3.67. The van der Waals surface area contributed by atoms with E-state index >= 15 is 0 Å². The SMILES string of the molecule is CCC1(CS(=O)(=O)N2CCC3(CCc4ccccc43)CC2)C(C)=CCC1N1C(=O)CC(CC(=O)O)C1=O. The summed E-state index contributed by atoms with van der Waals surface area (Å²) in [6.45, 7) is 4.73. The zero-order chi connectivity index (χ0) is 26.6. The number of fused-ring (bicyclic) bond motifs is 2. The van der Waals surface area contributed by atoms with Gasteiger partial charge < -0.3 is 5.11 Å². The molecule has 3 unspecified atom stereocenters. The summed E-state index contributed by atoms with van der Waals surface area (Å²) < 4.78 is 29.3. The molecule has 0 aromatic heterocycles. The first-order valence-corrected chi connectivity index (χ1v) is 14.9. The summed E-state index contributed by atoms with van der Waals surface area (Å²) >= 11 is 0. The second-order valence-corrected chi connectivity index (χ2v) is 13.3. The Morgan fingerprint density at radius 2 is 1.84 bits per heavy atom. The summed E-state index contributed by atoms with van der Waals surface area (Å²) in [4.78, 5) is 38.4. The van der Waals surface area contributed by atoms with Crippen LogP contribution in [0.1, 0.15) is 69.9 Å². The van der Waals surface area contributed by atoms with E-state index in [0.717, 1.165) is 31.3 Å². The van der Waals surface area contributed by atoms with Gasteiger partial charge in [0.2, 0.25) is 21.8 Å². The van der Waals surface area contributed by atoms with E-state index in [4.69, 9.17) is 0 Å². The van der Waals surface area contributed by atoms with E-state index in [1.54, 1.807) is 4.31 Å². The normalized spacial score (nSPS) is 29.7. The van der Waals surface area contributed by atoms with Crippen molar-refractivity contribution in [1.29, 1.82) is 0 Å². The molecule has 9 heteroatoms. The van der Waals surface area contributed by atoms with Crippen molar-refractivity contribution in [3.63, 3.8) is 0 Å². The Balaban J connectivity index is 1.36. The highest BCUT2D eigenvalue weighted by Crippen LogP contribution is 2.50. The van der Waals surface area contributed by atoms with Crippen LogP contribution in [0, 0.1) is 11.3 Å². The van der Waals surface area contributed by atoms with Crippen LogP contribution >= 0.6 is 0 Å². The van der Waals surface area contributed by atoms with Gasteiger partial charge in [0.25, 0.3) is 0 Å². The van der Waals surface area contributed by atoms with E-state index in [1.807, 2.05) is 19.9 Å². The third-order valence-electron chi connectivity index (χ3n) is 9.68. The molecule has 2 fully saturated rings. The lowest BCUT2D eigenvalue weighted by molar-refractivity contribution is -0.147. The Labute approximate surface area is 218 Å². The van der Waals surface area contributed by atoms with Crippen molar-refractivity contribution >= 4 is 27.8 Å². The largest absolute Gasteiger partial charge is 0.481 e. The van der Waals surface area contributed by atoms with Crippen LogP contribution in [-0.2, 0) is 36.2 Å². The van der Waals surface area contributed by atoms with Crippen molar-refractivity contribution in [2.75, 3.05) is 18.8 Å². The topological polar surface area (TPSA) is 112 Å². The fourth-order valence-electron chi connectivity index (χ4n) is 7.47. The van der Waals surface area contributed by atoms with Crippen molar-refractivity contribution in [3.8, 4) is 0 Å². The summed E-state index contributed by atoms with van der Waals surface area (Å²) in [6, 6.07) is 7.89. The van der Waals surface area contributed by atoms with E-state index in [9.17, 15) is 27.9 Å². The predicted octanol–water partition coefficient (Wildman–Crippen LogP) is 3.26. The molecule has 0 saturated carbocycles. The summed E-state index contributed by atoms with van der Waals surface area (Å²) in [5.74, 6) is -3.06. The molecule has 1 aromatic carbocycles. The van der Waals surface area contributed by atoms with Crippen molar-refractivity contribution in [1.82, 2.24) is 9.21 Å². The molecule has 8 nitrogen and oxygen atoms in total. The maximum atomic E-state index is 13.9. The minimum atomic E-state index is -3.67. The molecule has 2 saturated heterocycles. The van der Waals surface area contributed by atoms with Crippen LogP contribution in [0.2, 0.25) is 0 Å². The fraction of sp³-hybridized carbons (Fsp3) is 0.607. The second-order valence-electron chi connectivity index (χ2n) is 11.3. The standard InChI is InChI=1S/C28H36N2O6S/c1-3-28(19(2)8-9-23(28)30-24(31)16-21(26(30)34)17-25(32)33)18-37(35,36)29-14-12-27(13-15-29)11-10-20-6-4-5-7-22(20)27/h4-8,21,23H,3,9-18H2,1-2H3,(H,32,33). The molecule has 4 aliphatic rings. The van der Waals surface area contributed by atoms with Gasteiger partial charge in [-0.25, -0.2) is 12.7 Å². The number of carboxylic acids is 1. The average Bonchev–Trinajstić information content (AvgIpc) is 3.46. The Kier molecular flexibility index (Phi) is 6.59. The number of imide groups is 1. The number of hydrogen-bond donors (Lipinski definition) is 1. The Bertz CT molecular complexity index is 1260. The molecular weight excluding hydrogens is 492 g/mol. The third kappa shape index (κ3) is 4.24. The van der Waals surface area contributed by atoms with Crippen molar-refractivity contribution in [2.24, 2.45) is 11.3 Å². The van der Waals surface area contributed by atoms with Gasteiger partial charge in [-0.2, -0.15) is 0 Å². The Hall–Kier alpha value is -2.52. The fourth-order valence-corrected chi connectivity index (χ4v) is 9.66. The molecular formula is C28H36N2O6S. The monoisotopic (exact) mass is 528 g/mol.